The first-order chi connectivity index (χ1) is 12.6. The third-order valence-corrected chi connectivity index (χ3v) is 4.95. The number of hydrogen-bond acceptors (Lipinski definition) is 6. The number of fused-ring (bicyclic) bond motifs is 1. The van der Waals surface area contributed by atoms with Gasteiger partial charge < -0.3 is 8.83 Å². The molecule has 0 spiro atoms. The summed E-state index contributed by atoms with van der Waals surface area (Å²) in [7, 11) is 0. The molecule has 0 bridgehead atoms. The molecule has 0 atom stereocenters. The lowest BCUT2D eigenvalue weighted by molar-refractivity contribution is 0.532. The first kappa shape index (κ1) is 16.5. The molecule has 126 valence electrons. The van der Waals surface area contributed by atoms with E-state index in [4.69, 9.17) is 8.83 Å². The zero-order chi connectivity index (χ0) is 18.1. The van der Waals surface area contributed by atoms with Gasteiger partial charge in [-0.15, -0.1) is 11.3 Å². The maximum absolute atomic E-state index is 12.3. The van der Waals surface area contributed by atoms with Crippen LogP contribution in [-0.4, -0.2) is 4.98 Å². The minimum Gasteiger partial charge on any atom is -0.450 e. The molecule has 0 amide bonds. The highest BCUT2D eigenvalue weighted by Gasteiger charge is 2.14. The van der Waals surface area contributed by atoms with Crippen LogP contribution in [0, 0.1) is 11.3 Å². The van der Waals surface area contributed by atoms with E-state index in [-0.39, 0.29) is 0 Å². The normalized spacial score (nSPS) is 11.6. The molecule has 0 fully saturated rings. The monoisotopic (exact) mass is 424 g/mol. The fourth-order valence-corrected chi connectivity index (χ4v) is 3.56. The van der Waals surface area contributed by atoms with Crippen LogP contribution in [0.4, 0.5) is 0 Å². The van der Waals surface area contributed by atoms with E-state index in [0.29, 0.717) is 37.9 Å². The van der Waals surface area contributed by atoms with Crippen molar-refractivity contribution in [2.24, 2.45) is 0 Å². The summed E-state index contributed by atoms with van der Waals surface area (Å²) in [5.74, 6) is 0.537. The molecule has 3 heterocycles. The van der Waals surface area contributed by atoms with Gasteiger partial charge in [0.1, 0.15) is 22.4 Å². The number of para-hydroxylation sites is 1. The first-order valence-electron chi connectivity index (χ1n) is 7.50. The summed E-state index contributed by atoms with van der Waals surface area (Å²) >= 11 is 4.51. The van der Waals surface area contributed by atoms with E-state index in [2.05, 4.69) is 27.0 Å². The predicted octanol–water partition coefficient (Wildman–Crippen LogP) is 5.34. The van der Waals surface area contributed by atoms with E-state index in [1.54, 1.807) is 35.7 Å². The molecule has 0 aliphatic rings. The van der Waals surface area contributed by atoms with Crippen LogP contribution in [0.1, 0.15) is 10.8 Å². The van der Waals surface area contributed by atoms with Crippen molar-refractivity contribution in [3.63, 3.8) is 0 Å². The highest BCUT2D eigenvalue weighted by atomic mass is 79.9. The SMILES string of the molecule is N#C/C(=C\c1ccc(Br)o1)c1nc(-c2cc3ccccc3oc2=O)cs1. The minimum absolute atomic E-state index is 0.355. The van der Waals surface area contributed by atoms with Crippen LogP contribution in [0.3, 0.4) is 0 Å². The Morgan fingerprint density at radius 1 is 1.23 bits per heavy atom. The second-order valence-electron chi connectivity index (χ2n) is 5.33. The Labute approximate surface area is 160 Å². The van der Waals surface area contributed by atoms with Crippen LogP contribution in [-0.2, 0) is 0 Å². The molecule has 0 N–H and O–H groups in total. The van der Waals surface area contributed by atoms with Crippen molar-refractivity contribution in [3.8, 4) is 17.3 Å². The predicted molar refractivity (Wildman–Crippen MR) is 103 cm³/mol. The maximum atomic E-state index is 12.3. The van der Waals surface area contributed by atoms with E-state index in [1.807, 2.05) is 18.2 Å². The smallest absolute Gasteiger partial charge is 0.345 e. The van der Waals surface area contributed by atoms with Crippen LogP contribution in [0.15, 0.2) is 66.1 Å². The zero-order valence-electron chi connectivity index (χ0n) is 13.1. The summed E-state index contributed by atoms with van der Waals surface area (Å²) in [5.41, 5.74) is 1.26. The number of allylic oxidation sites excluding steroid dienone is 1. The lowest BCUT2D eigenvalue weighted by Gasteiger charge is -1.99. The Kier molecular flexibility index (Phi) is 4.29. The summed E-state index contributed by atoms with van der Waals surface area (Å²) < 4.78 is 11.3. The third-order valence-electron chi connectivity index (χ3n) is 3.65. The van der Waals surface area contributed by atoms with Gasteiger partial charge in [-0.1, -0.05) is 18.2 Å². The number of thiazole rings is 1. The first-order valence-corrected chi connectivity index (χ1v) is 9.17. The van der Waals surface area contributed by atoms with Gasteiger partial charge in [0.15, 0.2) is 4.67 Å². The van der Waals surface area contributed by atoms with Crippen LogP contribution in [0.25, 0.3) is 33.9 Å². The highest BCUT2D eigenvalue weighted by Crippen LogP contribution is 2.28. The zero-order valence-corrected chi connectivity index (χ0v) is 15.5. The van der Waals surface area contributed by atoms with Gasteiger partial charge in [-0.05, 0) is 40.2 Å². The number of halogens is 1. The van der Waals surface area contributed by atoms with Crippen LogP contribution < -0.4 is 5.63 Å². The third kappa shape index (κ3) is 3.12. The maximum Gasteiger partial charge on any atom is 0.345 e. The second-order valence-corrected chi connectivity index (χ2v) is 6.97. The summed E-state index contributed by atoms with van der Waals surface area (Å²) in [6.45, 7) is 0. The average molecular weight is 425 g/mol. The molecule has 7 heteroatoms. The van der Waals surface area contributed by atoms with Crippen molar-refractivity contribution < 1.29 is 8.83 Å². The van der Waals surface area contributed by atoms with Gasteiger partial charge in [0, 0.05) is 16.8 Å². The molecule has 0 saturated heterocycles. The molecule has 0 saturated carbocycles. The topological polar surface area (TPSA) is 80.0 Å². The highest BCUT2D eigenvalue weighted by molar-refractivity contribution is 9.10. The van der Waals surface area contributed by atoms with E-state index in [1.165, 1.54) is 11.3 Å². The second kappa shape index (κ2) is 6.75. The van der Waals surface area contributed by atoms with Gasteiger partial charge in [-0.2, -0.15) is 5.26 Å². The van der Waals surface area contributed by atoms with Gasteiger partial charge in [-0.3, -0.25) is 0 Å². The molecular weight excluding hydrogens is 416 g/mol. The van der Waals surface area contributed by atoms with E-state index >= 15 is 0 Å². The number of furan rings is 1. The molecule has 0 aliphatic heterocycles. The van der Waals surface area contributed by atoms with Crippen LogP contribution in [0.5, 0.6) is 0 Å². The largest absolute Gasteiger partial charge is 0.450 e. The van der Waals surface area contributed by atoms with Crippen molar-refractivity contribution in [2.45, 2.75) is 0 Å². The number of benzene rings is 1. The number of aromatic nitrogens is 1. The summed E-state index contributed by atoms with van der Waals surface area (Å²) in [6.07, 6.45) is 1.61. The van der Waals surface area contributed by atoms with Crippen molar-refractivity contribution >= 4 is 49.9 Å². The molecular formula is C19H9BrN2O3S. The number of hydrogen-bond donors (Lipinski definition) is 0. The fraction of sp³-hybridized carbons (Fsp3) is 0. The lowest BCUT2D eigenvalue weighted by atomic mass is 10.1. The lowest BCUT2D eigenvalue weighted by Crippen LogP contribution is -2.02. The Morgan fingerprint density at radius 3 is 2.85 bits per heavy atom. The van der Waals surface area contributed by atoms with E-state index < -0.39 is 5.63 Å². The Hall–Kier alpha value is -2.95. The van der Waals surface area contributed by atoms with Gasteiger partial charge in [0.25, 0.3) is 0 Å². The Bertz CT molecular complexity index is 1240. The van der Waals surface area contributed by atoms with Crippen molar-refractivity contribution in [1.29, 1.82) is 5.26 Å². The molecule has 3 aromatic heterocycles. The molecule has 1 aromatic carbocycles. The van der Waals surface area contributed by atoms with Gasteiger partial charge in [0.2, 0.25) is 0 Å². The van der Waals surface area contributed by atoms with E-state index in [0.717, 1.165) is 5.39 Å². The molecule has 4 aromatic rings. The van der Waals surface area contributed by atoms with Crippen molar-refractivity contribution in [1.82, 2.24) is 4.98 Å². The van der Waals surface area contributed by atoms with Crippen molar-refractivity contribution in [3.05, 3.63) is 73.7 Å². The van der Waals surface area contributed by atoms with Gasteiger partial charge in [0.05, 0.1) is 16.8 Å². The summed E-state index contributed by atoms with van der Waals surface area (Å²) in [4.78, 5) is 16.7. The molecule has 4 rings (SSSR count). The number of rotatable bonds is 3. The standard InChI is InChI=1S/C19H9BrN2O3S/c20-17-6-5-13(24-17)7-12(9-21)18-22-15(10-26-18)14-8-11-3-1-2-4-16(11)25-19(14)23/h1-8,10H/b12-7+. The average Bonchev–Trinajstić information content (AvgIpc) is 3.28. The quantitative estimate of drug-likeness (QED) is 0.327. The number of nitriles is 1. The van der Waals surface area contributed by atoms with Gasteiger partial charge in [-0.25, -0.2) is 9.78 Å². The van der Waals surface area contributed by atoms with Crippen LogP contribution in [0.2, 0.25) is 0 Å². The molecule has 26 heavy (non-hydrogen) atoms. The fourth-order valence-electron chi connectivity index (χ4n) is 2.45. The molecule has 5 nitrogen and oxygen atoms in total. The van der Waals surface area contributed by atoms with Crippen LogP contribution >= 0.6 is 27.3 Å². The Balaban J connectivity index is 1.76. The minimum atomic E-state index is -0.460. The van der Waals surface area contributed by atoms with E-state index in [9.17, 15) is 10.1 Å². The molecule has 0 aliphatic carbocycles. The summed E-state index contributed by atoms with van der Waals surface area (Å²) in [5, 5.41) is 12.5. The van der Waals surface area contributed by atoms with Crippen molar-refractivity contribution in [2.75, 3.05) is 0 Å². The summed E-state index contributed by atoms with van der Waals surface area (Å²) in [6, 6.07) is 14.6. The van der Waals surface area contributed by atoms with Gasteiger partial charge >= 0.3 is 5.63 Å². The molecule has 0 unspecified atom stereocenters. The Morgan fingerprint density at radius 2 is 2.08 bits per heavy atom. The molecule has 0 radical (unpaired) electrons. The number of nitrogens with zero attached hydrogens (tertiary/aromatic N) is 2.